The van der Waals surface area contributed by atoms with Crippen LogP contribution in [0, 0.1) is 13.8 Å². The fourth-order valence-corrected chi connectivity index (χ4v) is 1.53. The summed E-state index contributed by atoms with van der Waals surface area (Å²) in [5.41, 5.74) is 2.22. The molecule has 1 aromatic rings. The van der Waals surface area contributed by atoms with Gasteiger partial charge in [-0.15, -0.1) is 0 Å². The fraction of sp³-hybridized carbons (Fsp3) is 0.500. The van der Waals surface area contributed by atoms with E-state index < -0.39 is 0 Å². The predicted octanol–water partition coefficient (Wildman–Crippen LogP) is 2.95. The summed E-state index contributed by atoms with van der Waals surface area (Å²) in [5.74, 6) is 0.878. The van der Waals surface area contributed by atoms with Crippen LogP contribution in [0.25, 0.3) is 0 Å². The number of hydrogen-bond acceptors (Lipinski definition) is 2. The lowest BCUT2D eigenvalue weighted by Crippen LogP contribution is -2.20. The maximum atomic E-state index is 6.03. The number of hydrogen-bond donors (Lipinski definition) is 1. The maximum Gasteiger partial charge on any atom is 0.123 e. The molecule has 1 rings (SSSR count). The Bertz CT molecular complexity index is 326. The Balaban J connectivity index is 2.57. The standard InChI is InChI=1S/C12H18ClNO/c1-4-14-5-6-15-12-8-11(13)9(2)7-10(12)3/h7-8,14H,4-6H2,1-3H3. The van der Waals surface area contributed by atoms with Crippen molar-refractivity contribution in [1.82, 2.24) is 5.32 Å². The van der Waals surface area contributed by atoms with E-state index in [9.17, 15) is 0 Å². The number of nitrogens with one attached hydrogen (secondary N) is 1. The summed E-state index contributed by atoms with van der Waals surface area (Å²) in [6.07, 6.45) is 0. The quantitative estimate of drug-likeness (QED) is 0.781. The minimum atomic E-state index is 0.675. The van der Waals surface area contributed by atoms with Gasteiger partial charge in [-0.3, -0.25) is 0 Å². The summed E-state index contributed by atoms with van der Waals surface area (Å²) in [7, 11) is 0. The van der Waals surface area contributed by atoms with Crippen LogP contribution in [0.5, 0.6) is 5.75 Å². The van der Waals surface area contributed by atoms with Crippen LogP contribution >= 0.6 is 11.6 Å². The molecular weight excluding hydrogens is 210 g/mol. The van der Waals surface area contributed by atoms with E-state index >= 15 is 0 Å². The Morgan fingerprint density at radius 2 is 2.00 bits per heavy atom. The van der Waals surface area contributed by atoms with Gasteiger partial charge in [-0.05, 0) is 37.6 Å². The smallest absolute Gasteiger partial charge is 0.123 e. The summed E-state index contributed by atoms with van der Waals surface area (Å²) < 4.78 is 5.63. The number of benzene rings is 1. The van der Waals surface area contributed by atoms with Gasteiger partial charge < -0.3 is 10.1 Å². The molecule has 0 fully saturated rings. The molecule has 0 bridgehead atoms. The van der Waals surface area contributed by atoms with Crippen LogP contribution in [-0.2, 0) is 0 Å². The first-order valence-corrected chi connectivity index (χ1v) is 5.63. The molecule has 0 aliphatic carbocycles. The highest BCUT2D eigenvalue weighted by atomic mass is 35.5. The van der Waals surface area contributed by atoms with Crippen molar-refractivity contribution >= 4 is 11.6 Å². The fourth-order valence-electron chi connectivity index (χ4n) is 1.37. The van der Waals surface area contributed by atoms with Crippen LogP contribution in [-0.4, -0.2) is 19.7 Å². The Labute approximate surface area is 96.6 Å². The molecule has 1 aromatic carbocycles. The topological polar surface area (TPSA) is 21.3 Å². The molecular formula is C12H18ClNO. The molecule has 1 N–H and O–H groups in total. The van der Waals surface area contributed by atoms with E-state index in [0.717, 1.165) is 35.0 Å². The van der Waals surface area contributed by atoms with Gasteiger partial charge in [0.15, 0.2) is 0 Å². The summed E-state index contributed by atoms with van der Waals surface area (Å²) in [6, 6.07) is 3.93. The monoisotopic (exact) mass is 227 g/mol. The molecule has 0 amide bonds. The first-order chi connectivity index (χ1) is 7.15. The van der Waals surface area contributed by atoms with Gasteiger partial charge in [-0.2, -0.15) is 0 Å². The third-order valence-corrected chi connectivity index (χ3v) is 2.65. The second-order valence-electron chi connectivity index (χ2n) is 3.57. The van der Waals surface area contributed by atoms with E-state index in [4.69, 9.17) is 16.3 Å². The summed E-state index contributed by atoms with van der Waals surface area (Å²) in [4.78, 5) is 0. The van der Waals surface area contributed by atoms with Gasteiger partial charge in [-0.25, -0.2) is 0 Å². The van der Waals surface area contributed by atoms with Crippen LogP contribution in [0.3, 0.4) is 0 Å². The van der Waals surface area contributed by atoms with Crippen molar-refractivity contribution in [3.63, 3.8) is 0 Å². The van der Waals surface area contributed by atoms with Crippen LogP contribution in [0.1, 0.15) is 18.1 Å². The number of halogens is 1. The molecule has 0 radical (unpaired) electrons. The Kier molecular flexibility index (Phi) is 4.92. The third kappa shape index (κ3) is 3.73. The van der Waals surface area contributed by atoms with Crippen LogP contribution in [0.2, 0.25) is 5.02 Å². The Hall–Kier alpha value is -0.730. The first-order valence-electron chi connectivity index (χ1n) is 5.25. The Morgan fingerprint density at radius 3 is 2.67 bits per heavy atom. The predicted molar refractivity (Wildman–Crippen MR) is 65.0 cm³/mol. The maximum absolute atomic E-state index is 6.03. The lowest BCUT2D eigenvalue weighted by molar-refractivity contribution is 0.313. The van der Waals surface area contributed by atoms with Crippen molar-refractivity contribution in [1.29, 1.82) is 0 Å². The van der Waals surface area contributed by atoms with Gasteiger partial charge in [0.05, 0.1) is 0 Å². The van der Waals surface area contributed by atoms with Crippen molar-refractivity contribution in [2.45, 2.75) is 20.8 Å². The van der Waals surface area contributed by atoms with Crippen molar-refractivity contribution < 1.29 is 4.74 Å². The van der Waals surface area contributed by atoms with Gasteiger partial charge in [0.2, 0.25) is 0 Å². The lowest BCUT2D eigenvalue weighted by Gasteiger charge is -2.11. The molecule has 2 nitrogen and oxygen atoms in total. The lowest BCUT2D eigenvalue weighted by atomic mass is 10.1. The molecule has 0 aliphatic rings. The molecule has 0 spiro atoms. The average Bonchev–Trinajstić information content (AvgIpc) is 2.20. The van der Waals surface area contributed by atoms with E-state index in [1.807, 2.05) is 26.0 Å². The highest BCUT2D eigenvalue weighted by Crippen LogP contribution is 2.25. The number of rotatable bonds is 5. The van der Waals surface area contributed by atoms with Crippen molar-refractivity contribution in [2.24, 2.45) is 0 Å². The van der Waals surface area contributed by atoms with Gasteiger partial charge in [0.1, 0.15) is 12.4 Å². The Morgan fingerprint density at radius 1 is 1.27 bits per heavy atom. The van der Waals surface area contributed by atoms with Crippen molar-refractivity contribution in [2.75, 3.05) is 19.7 Å². The third-order valence-electron chi connectivity index (χ3n) is 2.24. The molecule has 3 heteroatoms. The zero-order chi connectivity index (χ0) is 11.3. The SMILES string of the molecule is CCNCCOc1cc(Cl)c(C)cc1C. The van der Waals surface area contributed by atoms with Gasteiger partial charge in [0.25, 0.3) is 0 Å². The van der Waals surface area contributed by atoms with Crippen LogP contribution in [0.4, 0.5) is 0 Å². The van der Waals surface area contributed by atoms with Gasteiger partial charge in [-0.1, -0.05) is 24.6 Å². The summed E-state index contributed by atoms with van der Waals surface area (Å²) in [6.45, 7) is 8.62. The minimum absolute atomic E-state index is 0.675. The van der Waals surface area contributed by atoms with Crippen LogP contribution < -0.4 is 10.1 Å². The van der Waals surface area contributed by atoms with Crippen molar-refractivity contribution in [3.8, 4) is 5.75 Å². The normalized spacial score (nSPS) is 10.4. The summed E-state index contributed by atoms with van der Waals surface area (Å²) in [5, 5.41) is 3.97. The molecule has 0 saturated carbocycles. The van der Waals surface area contributed by atoms with E-state index in [1.165, 1.54) is 0 Å². The molecule has 0 heterocycles. The highest BCUT2D eigenvalue weighted by molar-refractivity contribution is 6.31. The zero-order valence-corrected chi connectivity index (χ0v) is 10.3. The molecule has 15 heavy (non-hydrogen) atoms. The second kappa shape index (κ2) is 5.99. The van der Waals surface area contributed by atoms with Gasteiger partial charge >= 0.3 is 0 Å². The minimum Gasteiger partial charge on any atom is -0.492 e. The van der Waals surface area contributed by atoms with E-state index in [1.54, 1.807) is 0 Å². The van der Waals surface area contributed by atoms with Gasteiger partial charge in [0, 0.05) is 11.6 Å². The molecule has 0 aromatic heterocycles. The number of ether oxygens (including phenoxy) is 1. The van der Waals surface area contributed by atoms with Crippen LogP contribution in [0.15, 0.2) is 12.1 Å². The largest absolute Gasteiger partial charge is 0.492 e. The molecule has 84 valence electrons. The molecule has 0 atom stereocenters. The highest BCUT2D eigenvalue weighted by Gasteiger charge is 2.03. The second-order valence-corrected chi connectivity index (χ2v) is 3.98. The molecule has 0 unspecified atom stereocenters. The van der Waals surface area contributed by atoms with E-state index in [2.05, 4.69) is 12.2 Å². The summed E-state index contributed by atoms with van der Waals surface area (Å²) >= 11 is 6.03. The molecule has 0 saturated heterocycles. The molecule has 0 aliphatic heterocycles. The average molecular weight is 228 g/mol. The number of likely N-dealkylation sites (N-methyl/N-ethyl adjacent to an activating group) is 1. The van der Waals surface area contributed by atoms with E-state index in [-0.39, 0.29) is 0 Å². The zero-order valence-electron chi connectivity index (χ0n) is 9.56. The van der Waals surface area contributed by atoms with Crippen molar-refractivity contribution in [3.05, 3.63) is 28.3 Å². The number of aryl methyl sites for hydroxylation is 2. The first kappa shape index (κ1) is 12.3. The van der Waals surface area contributed by atoms with E-state index in [0.29, 0.717) is 6.61 Å².